The summed E-state index contributed by atoms with van der Waals surface area (Å²) in [5.74, 6) is 0.789. The molecular formula is C11H17Cl3N2O. The van der Waals surface area contributed by atoms with Crippen LogP contribution in [0.5, 0.6) is 5.75 Å². The summed E-state index contributed by atoms with van der Waals surface area (Å²) in [6.45, 7) is 1.88. The molecule has 0 aliphatic carbocycles. The van der Waals surface area contributed by atoms with Crippen LogP contribution in [0.2, 0.25) is 5.15 Å². The number of aromatic nitrogens is 1. The van der Waals surface area contributed by atoms with Gasteiger partial charge >= 0.3 is 0 Å². The molecule has 1 aromatic rings. The van der Waals surface area contributed by atoms with Gasteiger partial charge in [0.15, 0.2) is 0 Å². The quantitative estimate of drug-likeness (QED) is 0.868. The van der Waals surface area contributed by atoms with Gasteiger partial charge in [-0.25, -0.2) is 4.98 Å². The highest BCUT2D eigenvalue weighted by atomic mass is 35.5. The molecule has 0 radical (unpaired) electrons. The van der Waals surface area contributed by atoms with Crippen LogP contribution in [0, 0.1) is 0 Å². The Morgan fingerprint density at radius 3 is 2.82 bits per heavy atom. The van der Waals surface area contributed by atoms with Gasteiger partial charge in [-0.15, -0.1) is 24.8 Å². The highest BCUT2D eigenvalue weighted by Gasteiger charge is 2.13. The lowest BCUT2D eigenvalue weighted by Gasteiger charge is -2.10. The molecule has 0 unspecified atom stereocenters. The number of nitrogens with one attached hydrogen (secondary N) is 1. The van der Waals surface area contributed by atoms with E-state index in [0.29, 0.717) is 11.2 Å². The van der Waals surface area contributed by atoms with E-state index in [-0.39, 0.29) is 24.8 Å². The lowest BCUT2D eigenvalue weighted by Crippen LogP contribution is -2.23. The topological polar surface area (TPSA) is 34.1 Å². The Labute approximate surface area is 119 Å². The second-order valence-electron chi connectivity index (χ2n) is 3.75. The average molecular weight is 300 g/mol. The minimum atomic E-state index is 0. The fraction of sp³-hybridized carbons (Fsp3) is 0.545. The van der Waals surface area contributed by atoms with Crippen LogP contribution in [0.3, 0.4) is 0 Å². The zero-order valence-corrected chi connectivity index (χ0v) is 11.8. The summed E-state index contributed by atoms with van der Waals surface area (Å²) in [4.78, 5) is 3.95. The molecule has 0 aromatic carbocycles. The predicted molar refractivity (Wildman–Crippen MR) is 74.9 cm³/mol. The van der Waals surface area contributed by atoms with E-state index in [0.717, 1.165) is 25.3 Å². The molecule has 1 fully saturated rings. The molecule has 17 heavy (non-hydrogen) atoms. The summed E-state index contributed by atoms with van der Waals surface area (Å²) < 4.78 is 5.56. The molecule has 1 aliphatic rings. The zero-order chi connectivity index (χ0) is 10.5. The van der Waals surface area contributed by atoms with Gasteiger partial charge in [-0.05, 0) is 37.9 Å². The first-order chi connectivity index (χ1) is 7.34. The normalized spacial score (nSPS) is 18.1. The summed E-state index contributed by atoms with van der Waals surface area (Å²) in [7, 11) is 0. The molecule has 6 heteroatoms. The maximum atomic E-state index is 5.67. The third-order valence-corrected chi connectivity index (χ3v) is 2.82. The van der Waals surface area contributed by atoms with Crippen molar-refractivity contribution in [2.45, 2.75) is 25.3 Å². The molecule has 0 spiro atoms. The molecule has 0 saturated carbocycles. The van der Waals surface area contributed by atoms with Gasteiger partial charge in [0.25, 0.3) is 0 Å². The molecule has 2 heterocycles. The Balaban J connectivity index is 0.00000128. The minimum Gasteiger partial charge on any atom is -0.492 e. The van der Waals surface area contributed by atoms with E-state index in [2.05, 4.69) is 10.3 Å². The molecule has 2 rings (SSSR count). The standard InChI is InChI=1S/C11H15ClN2O.2ClH/c12-11-4-3-10(8-14-11)15-7-5-9-2-1-6-13-9;;/h3-4,8-9,13H,1-2,5-7H2;2*1H/t9-;;/m0../s1. The monoisotopic (exact) mass is 298 g/mol. The molecule has 1 N–H and O–H groups in total. The van der Waals surface area contributed by atoms with Crippen LogP contribution in [0.1, 0.15) is 19.3 Å². The van der Waals surface area contributed by atoms with Crippen LogP contribution in [0.15, 0.2) is 18.3 Å². The first-order valence-corrected chi connectivity index (χ1v) is 5.70. The second-order valence-corrected chi connectivity index (χ2v) is 4.13. The maximum Gasteiger partial charge on any atom is 0.137 e. The van der Waals surface area contributed by atoms with Crippen LogP contribution >= 0.6 is 36.4 Å². The smallest absolute Gasteiger partial charge is 0.137 e. The van der Waals surface area contributed by atoms with Crippen molar-refractivity contribution in [3.63, 3.8) is 0 Å². The fourth-order valence-electron chi connectivity index (χ4n) is 1.77. The van der Waals surface area contributed by atoms with Gasteiger partial charge < -0.3 is 10.1 Å². The van der Waals surface area contributed by atoms with Crippen molar-refractivity contribution in [2.75, 3.05) is 13.2 Å². The largest absolute Gasteiger partial charge is 0.492 e. The van der Waals surface area contributed by atoms with Crippen molar-refractivity contribution in [3.8, 4) is 5.75 Å². The van der Waals surface area contributed by atoms with Gasteiger partial charge in [0.05, 0.1) is 12.8 Å². The lowest BCUT2D eigenvalue weighted by atomic mass is 10.2. The lowest BCUT2D eigenvalue weighted by molar-refractivity contribution is 0.291. The number of pyridine rings is 1. The summed E-state index contributed by atoms with van der Waals surface area (Å²) in [5.41, 5.74) is 0. The van der Waals surface area contributed by atoms with E-state index < -0.39 is 0 Å². The van der Waals surface area contributed by atoms with E-state index in [1.54, 1.807) is 12.3 Å². The summed E-state index contributed by atoms with van der Waals surface area (Å²) in [6, 6.07) is 4.22. The summed E-state index contributed by atoms with van der Waals surface area (Å²) in [5, 5.41) is 3.94. The minimum absolute atomic E-state index is 0. The zero-order valence-electron chi connectivity index (χ0n) is 9.39. The Morgan fingerprint density at radius 2 is 2.24 bits per heavy atom. The van der Waals surface area contributed by atoms with E-state index in [1.165, 1.54) is 12.8 Å². The van der Waals surface area contributed by atoms with Crippen molar-refractivity contribution in [2.24, 2.45) is 0 Å². The van der Waals surface area contributed by atoms with Gasteiger partial charge in [0.1, 0.15) is 10.9 Å². The van der Waals surface area contributed by atoms with Crippen molar-refractivity contribution in [1.82, 2.24) is 10.3 Å². The number of halogens is 3. The molecule has 1 atom stereocenters. The summed E-state index contributed by atoms with van der Waals surface area (Å²) >= 11 is 5.67. The first kappa shape index (κ1) is 16.8. The number of rotatable bonds is 4. The van der Waals surface area contributed by atoms with Gasteiger partial charge in [0.2, 0.25) is 0 Å². The third-order valence-electron chi connectivity index (χ3n) is 2.60. The first-order valence-electron chi connectivity index (χ1n) is 5.32. The van der Waals surface area contributed by atoms with E-state index in [9.17, 15) is 0 Å². The van der Waals surface area contributed by atoms with E-state index >= 15 is 0 Å². The Bertz CT molecular complexity index is 302. The van der Waals surface area contributed by atoms with Crippen LogP contribution in [0.4, 0.5) is 0 Å². The van der Waals surface area contributed by atoms with Crippen molar-refractivity contribution >= 4 is 36.4 Å². The maximum absolute atomic E-state index is 5.67. The average Bonchev–Trinajstić information content (AvgIpc) is 2.74. The van der Waals surface area contributed by atoms with Gasteiger partial charge in [-0.1, -0.05) is 11.6 Å². The van der Waals surface area contributed by atoms with E-state index in [1.807, 2.05) is 6.07 Å². The van der Waals surface area contributed by atoms with Crippen LogP contribution in [0.25, 0.3) is 0 Å². The number of ether oxygens (including phenoxy) is 1. The van der Waals surface area contributed by atoms with Crippen molar-refractivity contribution < 1.29 is 4.74 Å². The fourth-order valence-corrected chi connectivity index (χ4v) is 1.88. The molecular weight excluding hydrogens is 282 g/mol. The summed E-state index contributed by atoms with van der Waals surface area (Å²) in [6.07, 6.45) is 5.27. The molecule has 0 amide bonds. The van der Waals surface area contributed by atoms with Crippen molar-refractivity contribution in [1.29, 1.82) is 0 Å². The van der Waals surface area contributed by atoms with Gasteiger partial charge in [-0.3, -0.25) is 0 Å². The molecule has 1 aromatic heterocycles. The highest BCUT2D eigenvalue weighted by molar-refractivity contribution is 6.29. The Morgan fingerprint density at radius 1 is 1.41 bits per heavy atom. The Hall–Kier alpha value is -0.220. The number of hydrogen-bond donors (Lipinski definition) is 1. The molecule has 0 bridgehead atoms. The molecule has 98 valence electrons. The van der Waals surface area contributed by atoms with Crippen LogP contribution in [-0.2, 0) is 0 Å². The highest BCUT2D eigenvalue weighted by Crippen LogP contribution is 2.14. The SMILES string of the molecule is Cl.Cl.Clc1ccc(OCC[C@@H]2CCCN2)cn1. The number of hydrogen-bond acceptors (Lipinski definition) is 3. The molecule has 3 nitrogen and oxygen atoms in total. The Kier molecular flexibility index (Phi) is 8.70. The van der Waals surface area contributed by atoms with Crippen LogP contribution < -0.4 is 10.1 Å². The van der Waals surface area contributed by atoms with Crippen molar-refractivity contribution in [3.05, 3.63) is 23.5 Å². The second kappa shape index (κ2) is 8.81. The predicted octanol–water partition coefficient (Wildman–Crippen LogP) is 3.10. The van der Waals surface area contributed by atoms with Gasteiger partial charge in [0, 0.05) is 6.04 Å². The van der Waals surface area contributed by atoms with E-state index in [4.69, 9.17) is 16.3 Å². The number of nitrogens with zero attached hydrogens (tertiary/aromatic N) is 1. The molecule has 1 saturated heterocycles. The third kappa shape index (κ3) is 5.77. The molecule has 1 aliphatic heterocycles. The van der Waals surface area contributed by atoms with Gasteiger partial charge in [-0.2, -0.15) is 0 Å². The van der Waals surface area contributed by atoms with Crippen LogP contribution in [-0.4, -0.2) is 24.2 Å².